The van der Waals surface area contributed by atoms with E-state index in [4.69, 9.17) is 4.74 Å². The lowest BCUT2D eigenvalue weighted by Gasteiger charge is -2.25. The number of thioether (sulfide) groups is 1. The average Bonchev–Trinajstić information content (AvgIpc) is 2.68. The lowest BCUT2D eigenvalue weighted by molar-refractivity contribution is 0.415. The van der Waals surface area contributed by atoms with Gasteiger partial charge in [0.15, 0.2) is 0 Å². The van der Waals surface area contributed by atoms with E-state index < -0.39 is 0 Å². The second-order valence-corrected chi connectivity index (χ2v) is 6.87. The topological polar surface area (TPSA) is 9.23 Å². The van der Waals surface area contributed by atoms with E-state index in [9.17, 15) is 0 Å². The quantitative estimate of drug-likeness (QED) is 0.585. The van der Waals surface area contributed by atoms with E-state index in [1.807, 2.05) is 23.9 Å². The summed E-state index contributed by atoms with van der Waals surface area (Å²) in [6, 6.07) is 27.7. The fraction of sp³-hybridized carbons (Fsp3) is 0.0909. The highest BCUT2D eigenvalue weighted by Gasteiger charge is 2.22. The lowest BCUT2D eigenvalue weighted by atomic mass is 9.90. The van der Waals surface area contributed by atoms with Gasteiger partial charge in [-0.3, -0.25) is 0 Å². The summed E-state index contributed by atoms with van der Waals surface area (Å²) in [7, 11) is 1.70. The highest BCUT2D eigenvalue weighted by atomic mass is 32.2. The first-order valence-corrected chi connectivity index (χ1v) is 8.85. The summed E-state index contributed by atoms with van der Waals surface area (Å²) in [5.41, 5.74) is 3.94. The van der Waals surface area contributed by atoms with Crippen molar-refractivity contribution < 1.29 is 4.74 Å². The van der Waals surface area contributed by atoms with Gasteiger partial charge in [-0.05, 0) is 34.9 Å². The minimum Gasteiger partial charge on any atom is -0.497 e. The summed E-state index contributed by atoms with van der Waals surface area (Å²) in [5.74, 6) is 1.18. The maximum atomic E-state index is 5.28. The number of ether oxygens (including phenoxy) is 1. The standard InChI is InChI=1S/C22H18OS/c1-23-18-13-11-17(12-14-18)22-15-20(16-7-3-2-4-8-16)19-9-5-6-10-21(19)24-22/h2-15,20H,1H3. The molecule has 0 saturated carbocycles. The summed E-state index contributed by atoms with van der Waals surface area (Å²) < 4.78 is 5.28. The molecule has 0 radical (unpaired) electrons. The summed E-state index contributed by atoms with van der Waals surface area (Å²) in [6.07, 6.45) is 2.38. The van der Waals surface area contributed by atoms with Crippen LogP contribution in [0.5, 0.6) is 5.75 Å². The van der Waals surface area contributed by atoms with Gasteiger partial charge in [0.1, 0.15) is 5.75 Å². The van der Waals surface area contributed by atoms with Crippen molar-refractivity contribution in [2.45, 2.75) is 10.8 Å². The van der Waals surface area contributed by atoms with Crippen LogP contribution in [0.25, 0.3) is 4.91 Å². The molecule has 0 spiro atoms. The Kier molecular flexibility index (Phi) is 4.14. The molecular formula is C22H18OS. The third kappa shape index (κ3) is 2.85. The number of allylic oxidation sites excluding steroid dienone is 1. The van der Waals surface area contributed by atoms with Crippen LogP contribution in [0.1, 0.15) is 22.6 Å². The molecule has 0 aliphatic carbocycles. The Bertz CT molecular complexity index is 866. The molecular weight excluding hydrogens is 312 g/mol. The molecule has 0 N–H and O–H groups in total. The molecule has 24 heavy (non-hydrogen) atoms. The van der Waals surface area contributed by atoms with Crippen molar-refractivity contribution in [1.82, 2.24) is 0 Å². The SMILES string of the molecule is COc1ccc(C2=CC(c3ccccc3)c3ccccc3S2)cc1. The molecule has 1 aliphatic rings. The van der Waals surface area contributed by atoms with E-state index in [0.29, 0.717) is 5.92 Å². The fourth-order valence-electron chi connectivity index (χ4n) is 3.07. The van der Waals surface area contributed by atoms with Gasteiger partial charge in [-0.2, -0.15) is 0 Å². The van der Waals surface area contributed by atoms with E-state index in [2.05, 4.69) is 72.8 Å². The molecule has 0 saturated heterocycles. The molecule has 1 atom stereocenters. The van der Waals surface area contributed by atoms with Gasteiger partial charge in [-0.1, -0.05) is 78.5 Å². The molecule has 118 valence electrons. The van der Waals surface area contributed by atoms with Crippen molar-refractivity contribution in [2.75, 3.05) is 7.11 Å². The van der Waals surface area contributed by atoms with Crippen LogP contribution < -0.4 is 4.74 Å². The zero-order chi connectivity index (χ0) is 16.4. The van der Waals surface area contributed by atoms with Crippen molar-refractivity contribution in [3.8, 4) is 5.75 Å². The Morgan fingerprint density at radius 1 is 0.792 bits per heavy atom. The average molecular weight is 330 g/mol. The zero-order valence-electron chi connectivity index (χ0n) is 13.5. The normalized spacial score (nSPS) is 16.2. The van der Waals surface area contributed by atoms with Gasteiger partial charge in [0.2, 0.25) is 0 Å². The van der Waals surface area contributed by atoms with Crippen LogP contribution in [0.4, 0.5) is 0 Å². The monoisotopic (exact) mass is 330 g/mol. The largest absolute Gasteiger partial charge is 0.497 e. The van der Waals surface area contributed by atoms with E-state index in [1.54, 1.807) is 7.11 Å². The first-order chi connectivity index (χ1) is 11.8. The Morgan fingerprint density at radius 3 is 2.25 bits per heavy atom. The lowest BCUT2D eigenvalue weighted by Crippen LogP contribution is -2.04. The number of methoxy groups -OCH3 is 1. The summed E-state index contributed by atoms with van der Waals surface area (Å²) in [5, 5.41) is 0. The number of hydrogen-bond donors (Lipinski definition) is 0. The maximum Gasteiger partial charge on any atom is 0.118 e. The molecule has 0 amide bonds. The van der Waals surface area contributed by atoms with Crippen LogP contribution in [0, 0.1) is 0 Å². The van der Waals surface area contributed by atoms with E-state index in [0.717, 1.165) is 5.75 Å². The predicted octanol–water partition coefficient (Wildman–Crippen LogP) is 5.97. The molecule has 1 nitrogen and oxygen atoms in total. The molecule has 1 heterocycles. The number of benzene rings is 3. The third-order valence-electron chi connectivity index (χ3n) is 4.33. The van der Waals surface area contributed by atoms with E-state index >= 15 is 0 Å². The van der Waals surface area contributed by atoms with Crippen LogP contribution >= 0.6 is 11.8 Å². The van der Waals surface area contributed by atoms with Crippen LogP contribution in [-0.2, 0) is 0 Å². The molecule has 1 aliphatic heterocycles. The molecule has 4 rings (SSSR count). The van der Waals surface area contributed by atoms with Gasteiger partial charge in [-0.15, -0.1) is 0 Å². The summed E-state index contributed by atoms with van der Waals surface area (Å²) >= 11 is 1.84. The Morgan fingerprint density at radius 2 is 1.50 bits per heavy atom. The molecule has 0 bridgehead atoms. The maximum absolute atomic E-state index is 5.28. The highest BCUT2D eigenvalue weighted by Crippen LogP contribution is 2.46. The first-order valence-electron chi connectivity index (χ1n) is 8.03. The first kappa shape index (κ1) is 15.1. The van der Waals surface area contributed by atoms with Gasteiger partial charge >= 0.3 is 0 Å². The van der Waals surface area contributed by atoms with Crippen molar-refractivity contribution >= 4 is 16.7 Å². The third-order valence-corrected chi connectivity index (χ3v) is 5.51. The molecule has 2 heteroatoms. The van der Waals surface area contributed by atoms with E-state index in [-0.39, 0.29) is 0 Å². The van der Waals surface area contributed by atoms with Gasteiger partial charge in [-0.25, -0.2) is 0 Å². The van der Waals surface area contributed by atoms with Crippen molar-refractivity contribution in [3.05, 3.63) is 102 Å². The van der Waals surface area contributed by atoms with Crippen LogP contribution in [0.3, 0.4) is 0 Å². The van der Waals surface area contributed by atoms with Crippen molar-refractivity contribution in [3.63, 3.8) is 0 Å². The number of rotatable bonds is 3. The summed E-state index contributed by atoms with van der Waals surface area (Å²) in [6.45, 7) is 0. The highest BCUT2D eigenvalue weighted by molar-refractivity contribution is 8.08. The van der Waals surface area contributed by atoms with E-state index in [1.165, 1.54) is 26.5 Å². The number of fused-ring (bicyclic) bond motifs is 1. The van der Waals surface area contributed by atoms with Gasteiger partial charge in [0.25, 0.3) is 0 Å². The summed E-state index contributed by atoms with van der Waals surface area (Å²) in [4.78, 5) is 2.63. The van der Waals surface area contributed by atoms with Crippen LogP contribution in [0.2, 0.25) is 0 Å². The number of hydrogen-bond acceptors (Lipinski definition) is 2. The zero-order valence-corrected chi connectivity index (χ0v) is 14.3. The van der Waals surface area contributed by atoms with Gasteiger partial charge in [0.05, 0.1) is 7.11 Å². The second-order valence-electron chi connectivity index (χ2n) is 5.79. The predicted molar refractivity (Wildman–Crippen MR) is 102 cm³/mol. The molecule has 3 aromatic rings. The minimum absolute atomic E-state index is 0.292. The molecule has 0 fully saturated rings. The fourth-order valence-corrected chi connectivity index (χ4v) is 4.23. The Labute approximate surface area is 147 Å². The second kappa shape index (κ2) is 6.58. The smallest absolute Gasteiger partial charge is 0.118 e. The van der Waals surface area contributed by atoms with Crippen LogP contribution in [-0.4, -0.2) is 7.11 Å². The van der Waals surface area contributed by atoms with Crippen LogP contribution in [0.15, 0.2) is 89.8 Å². The minimum atomic E-state index is 0.292. The van der Waals surface area contributed by atoms with Gasteiger partial charge in [0, 0.05) is 15.7 Å². The Balaban J connectivity index is 1.79. The van der Waals surface area contributed by atoms with Crippen molar-refractivity contribution in [2.24, 2.45) is 0 Å². The molecule has 1 unspecified atom stereocenters. The van der Waals surface area contributed by atoms with Gasteiger partial charge < -0.3 is 4.74 Å². The van der Waals surface area contributed by atoms with Crippen molar-refractivity contribution in [1.29, 1.82) is 0 Å². The molecule has 0 aromatic heterocycles. The molecule has 3 aromatic carbocycles. The Hall–Kier alpha value is -2.45.